The van der Waals surface area contributed by atoms with Gasteiger partial charge in [0.2, 0.25) is 0 Å². The third kappa shape index (κ3) is 2.82. The van der Waals surface area contributed by atoms with Gasteiger partial charge < -0.3 is 5.11 Å². The van der Waals surface area contributed by atoms with Crippen LogP contribution < -0.4 is 0 Å². The van der Waals surface area contributed by atoms with Crippen LogP contribution in [0.15, 0.2) is 24.5 Å². The van der Waals surface area contributed by atoms with Crippen LogP contribution in [0.25, 0.3) is 0 Å². The average molecular weight is 234 g/mol. The fourth-order valence-corrected chi connectivity index (χ4v) is 2.65. The predicted octanol–water partition coefficient (Wildman–Crippen LogP) is 1.77. The molecule has 0 amide bonds. The third-order valence-corrected chi connectivity index (χ3v) is 3.52. The first-order chi connectivity index (χ1) is 8.18. The van der Waals surface area contributed by atoms with Crippen molar-refractivity contribution < 1.29 is 9.90 Å². The second-order valence-corrected chi connectivity index (χ2v) is 4.72. The Bertz CT molecular complexity index is 380. The standard InChI is InChI=1S/C13H18N2O2/c1-15(9-10-4-3-7-14-8-10)12-6-2-5-11(12)13(16)17/h3-4,7-8,11-12H,2,5-6,9H2,1H3,(H,16,17). The molecule has 1 aliphatic carbocycles. The highest BCUT2D eigenvalue weighted by molar-refractivity contribution is 5.71. The molecular formula is C13H18N2O2. The van der Waals surface area contributed by atoms with E-state index in [0.717, 1.165) is 31.4 Å². The van der Waals surface area contributed by atoms with E-state index in [1.165, 1.54) is 0 Å². The molecule has 92 valence electrons. The zero-order chi connectivity index (χ0) is 12.3. The molecular weight excluding hydrogens is 216 g/mol. The number of carboxylic acid groups (broad SMARTS) is 1. The van der Waals surface area contributed by atoms with Crippen LogP contribution in [0.4, 0.5) is 0 Å². The van der Waals surface area contributed by atoms with Crippen LogP contribution in [0.2, 0.25) is 0 Å². The summed E-state index contributed by atoms with van der Waals surface area (Å²) in [6.45, 7) is 0.766. The minimum absolute atomic E-state index is 0.160. The van der Waals surface area contributed by atoms with Crippen LogP contribution in [-0.2, 0) is 11.3 Å². The lowest BCUT2D eigenvalue weighted by Crippen LogP contribution is -2.37. The minimum Gasteiger partial charge on any atom is -0.481 e. The first kappa shape index (κ1) is 12.0. The van der Waals surface area contributed by atoms with Crippen LogP contribution in [0, 0.1) is 5.92 Å². The fraction of sp³-hybridized carbons (Fsp3) is 0.538. The van der Waals surface area contributed by atoms with Gasteiger partial charge in [0.05, 0.1) is 5.92 Å². The molecule has 2 atom stereocenters. The Labute approximate surface area is 101 Å². The van der Waals surface area contributed by atoms with Gasteiger partial charge in [0.1, 0.15) is 0 Å². The predicted molar refractivity (Wildman–Crippen MR) is 64.5 cm³/mol. The van der Waals surface area contributed by atoms with Gasteiger partial charge in [-0.15, -0.1) is 0 Å². The topological polar surface area (TPSA) is 53.4 Å². The molecule has 1 N–H and O–H groups in total. The van der Waals surface area contributed by atoms with Gasteiger partial charge in [0.15, 0.2) is 0 Å². The van der Waals surface area contributed by atoms with Crippen molar-refractivity contribution in [2.75, 3.05) is 7.05 Å². The molecule has 1 saturated carbocycles. The van der Waals surface area contributed by atoms with Crippen molar-refractivity contribution in [2.45, 2.75) is 31.8 Å². The molecule has 4 heteroatoms. The van der Waals surface area contributed by atoms with Crippen molar-refractivity contribution in [3.8, 4) is 0 Å². The van der Waals surface area contributed by atoms with Crippen molar-refractivity contribution in [2.24, 2.45) is 5.92 Å². The molecule has 4 nitrogen and oxygen atoms in total. The second kappa shape index (κ2) is 5.27. The van der Waals surface area contributed by atoms with E-state index >= 15 is 0 Å². The van der Waals surface area contributed by atoms with E-state index in [1.54, 1.807) is 6.20 Å². The Morgan fingerprint density at radius 3 is 3.06 bits per heavy atom. The van der Waals surface area contributed by atoms with Gasteiger partial charge in [0, 0.05) is 25.0 Å². The number of carboxylic acids is 1. The lowest BCUT2D eigenvalue weighted by Gasteiger charge is -2.27. The molecule has 0 saturated heterocycles. The zero-order valence-electron chi connectivity index (χ0n) is 10.0. The van der Waals surface area contributed by atoms with Crippen LogP contribution in [-0.4, -0.2) is 34.0 Å². The summed E-state index contributed by atoms with van der Waals surface area (Å²) in [6, 6.07) is 4.09. The maximum absolute atomic E-state index is 11.1. The largest absolute Gasteiger partial charge is 0.481 e. The highest BCUT2D eigenvalue weighted by Crippen LogP contribution is 2.30. The van der Waals surface area contributed by atoms with Gasteiger partial charge in [-0.1, -0.05) is 12.5 Å². The number of aliphatic carboxylic acids is 1. The molecule has 1 aliphatic rings. The van der Waals surface area contributed by atoms with Crippen LogP contribution in [0.5, 0.6) is 0 Å². The van der Waals surface area contributed by atoms with Crippen molar-refractivity contribution in [3.05, 3.63) is 30.1 Å². The average Bonchev–Trinajstić information content (AvgIpc) is 2.79. The first-order valence-corrected chi connectivity index (χ1v) is 6.00. The molecule has 1 aromatic heterocycles. The van der Waals surface area contributed by atoms with Crippen LogP contribution in [0.1, 0.15) is 24.8 Å². The first-order valence-electron chi connectivity index (χ1n) is 6.00. The fourth-order valence-electron chi connectivity index (χ4n) is 2.65. The molecule has 0 spiro atoms. The molecule has 1 aromatic rings. The maximum atomic E-state index is 11.1. The summed E-state index contributed by atoms with van der Waals surface area (Å²) in [7, 11) is 2.00. The van der Waals surface area contributed by atoms with E-state index in [0.29, 0.717) is 0 Å². The Kier molecular flexibility index (Phi) is 3.74. The molecule has 0 aromatic carbocycles. The number of aromatic nitrogens is 1. The van der Waals surface area contributed by atoms with Gasteiger partial charge >= 0.3 is 5.97 Å². The maximum Gasteiger partial charge on any atom is 0.308 e. The SMILES string of the molecule is CN(Cc1cccnc1)C1CCCC1C(=O)O. The summed E-state index contributed by atoms with van der Waals surface area (Å²) >= 11 is 0. The Hall–Kier alpha value is -1.42. The molecule has 2 unspecified atom stereocenters. The Balaban J connectivity index is 2.00. The minimum atomic E-state index is -0.662. The van der Waals surface area contributed by atoms with Gasteiger partial charge in [-0.05, 0) is 31.5 Å². The molecule has 1 heterocycles. The molecule has 1 fully saturated rings. The summed E-state index contributed by atoms with van der Waals surface area (Å²) in [5, 5.41) is 9.16. The Morgan fingerprint density at radius 1 is 1.59 bits per heavy atom. The second-order valence-electron chi connectivity index (χ2n) is 4.72. The number of hydrogen-bond donors (Lipinski definition) is 1. The quantitative estimate of drug-likeness (QED) is 0.862. The monoisotopic (exact) mass is 234 g/mol. The van der Waals surface area contributed by atoms with Crippen molar-refractivity contribution in [1.82, 2.24) is 9.88 Å². The van der Waals surface area contributed by atoms with Crippen molar-refractivity contribution in [3.63, 3.8) is 0 Å². The van der Waals surface area contributed by atoms with E-state index in [9.17, 15) is 4.79 Å². The van der Waals surface area contributed by atoms with Gasteiger partial charge in [-0.3, -0.25) is 14.7 Å². The summed E-state index contributed by atoms with van der Waals surface area (Å²) in [4.78, 5) is 17.3. The number of pyridine rings is 1. The summed E-state index contributed by atoms with van der Waals surface area (Å²) in [5.74, 6) is -0.873. The molecule has 0 bridgehead atoms. The van der Waals surface area contributed by atoms with E-state index in [4.69, 9.17) is 5.11 Å². The van der Waals surface area contributed by atoms with Crippen LogP contribution in [0.3, 0.4) is 0 Å². The summed E-state index contributed by atoms with van der Waals surface area (Å²) in [5.41, 5.74) is 1.13. The van der Waals surface area contributed by atoms with E-state index < -0.39 is 5.97 Å². The number of carbonyl (C=O) groups is 1. The lowest BCUT2D eigenvalue weighted by molar-refractivity contribution is -0.143. The lowest BCUT2D eigenvalue weighted by atomic mass is 10.0. The van der Waals surface area contributed by atoms with Gasteiger partial charge in [-0.25, -0.2) is 0 Å². The van der Waals surface area contributed by atoms with Crippen LogP contribution >= 0.6 is 0 Å². The van der Waals surface area contributed by atoms with E-state index in [-0.39, 0.29) is 12.0 Å². The normalized spacial score (nSPS) is 24.1. The third-order valence-electron chi connectivity index (χ3n) is 3.52. The van der Waals surface area contributed by atoms with E-state index in [1.807, 2.05) is 25.4 Å². The van der Waals surface area contributed by atoms with Crippen molar-refractivity contribution >= 4 is 5.97 Å². The smallest absolute Gasteiger partial charge is 0.308 e. The molecule has 17 heavy (non-hydrogen) atoms. The summed E-state index contributed by atoms with van der Waals surface area (Å²) in [6.07, 6.45) is 6.38. The zero-order valence-corrected chi connectivity index (χ0v) is 10.0. The van der Waals surface area contributed by atoms with E-state index in [2.05, 4.69) is 9.88 Å². The highest BCUT2D eigenvalue weighted by atomic mass is 16.4. The highest BCUT2D eigenvalue weighted by Gasteiger charge is 2.35. The number of hydrogen-bond acceptors (Lipinski definition) is 3. The molecule has 2 rings (SSSR count). The van der Waals surface area contributed by atoms with Gasteiger partial charge in [-0.2, -0.15) is 0 Å². The Morgan fingerprint density at radius 2 is 2.41 bits per heavy atom. The summed E-state index contributed by atoms with van der Waals surface area (Å²) < 4.78 is 0. The molecule has 0 aliphatic heterocycles. The number of rotatable bonds is 4. The molecule has 0 radical (unpaired) electrons. The van der Waals surface area contributed by atoms with Crippen molar-refractivity contribution in [1.29, 1.82) is 0 Å². The van der Waals surface area contributed by atoms with Gasteiger partial charge in [0.25, 0.3) is 0 Å². The number of nitrogens with zero attached hydrogens (tertiary/aromatic N) is 2.